The molecule has 0 saturated carbocycles. The number of aromatic nitrogens is 2. The van der Waals surface area contributed by atoms with Crippen molar-refractivity contribution in [2.45, 2.75) is 45.3 Å². The van der Waals surface area contributed by atoms with Crippen LogP contribution in [0.15, 0.2) is 24.5 Å². The SMILES string of the molecule is CC(C)c1ccc2ncnc(N3CC[C@@H](O)[C@H]3C)c2c1. The highest BCUT2D eigenvalue weighted by Gasteiger charge is 2.30. The molecule has 1 N–H and O–H groups in total. The molecule has 0 unspecified atom stereocenters. The van der Waals surface area contributed by atoms with Gasteiger partial charge in [0.05, 0.1) is 17.7 Å². The maximum atomic E-state index is 9.96. The van der Waals surface area contributed by atoms with E-state index in [1.807, 2.05) is 0 Å². The fourth-order valence-electron chi connectivity index (χ4n) is 2.87. The van der Waals surface area contributed by atoms with Crippen molar-refractivity contribution in [2.24, 2.45) is 0 Å². The summed E-state index contributed by atoms with van der Waals surface area (Å²) in [5, 5.41) is 11.0. The Hall–Kier alpha value is -1.68. The molecule has 0 aliphatic carbocycles. The fourth-order valence-corrected chi connectivity index (χ4v) is 2.87. The number of hydrogen-bond acceptors (Lipinski definition) is 4. The fraction of sp³-hybridized carbons (Fsp3) is 0.500. The topological polar surface area (TPSA) is 49.2 Å². The van der Waals surface area contributed by atoms with Crippen molar-refractivity contribution < 1.29 is 5.11 Å². The molecule has 2 aromatic rings. The Balaban J connectivity index is 2.12. The quantitative estimate of drug-likeness (QED) is 0.912. The number of nitrogens with zero attached hydrogens (tertiary/aromatic N) is 3. The second-order valence-electron chi connectivity index (χ2n) is 5.92. The van der Waals surface area contributed by atoms with Gasteiger partial charge in [-0.15, -0.1) is 0 Å². The molecule has 0 bridgehead atoms. The van der Waals surface area contributed by atoms with Crippen LogP contribution < -0.4 is 4.90 Å². The first-order valence-electron chi connectivity index (χ1n) is 7.27. The molecule has 0 spiro atoms. The molecule has 3 rings (SSSR count). The summed E-state index contributed by atoms with van der Waals surface area (Å²) in [6.45, 7) is 7.28. The van der Waals surface area contributed by atoms with E-state index in [1.165, 1.54) is 5.56 Å². The zero-order valence-corrected chi connectivity index (χ0v) is 12.2. The summed E-state index contributed by atoms with van der Waals surface area (Å²) in [6.07, 6.45) is 2.15. The lowest BCUT2D eigenvalue weighted by Crippen LogP contribution is -2.32. The molecule has 0 radical (unpaired) electrons. The Morgan fingerprint density at radius 2 is 2.10 bits per heavy atom. The molecule has 1 aromatic heterocycles. The van der Waals surface area contributed by atoms with Crippen molar-refractivity contribution >= 4 is 16.7 Å². The average molecular weight is 271 g/mol. The average Bonchev–Trinajstić information content (AvgIpc) is 2.77. The minimum atomic E-state index is -0.270. The molecule has 1 fully saturated rings. The maximum Gasteiger partial charge on any atom is 0.140 e. The minimum Gasteiger partial charge on any atom is -0.391 e. The molecule has 4 nitrogen and oxygen atoms in total. The van der Waals surface area contributed by atoms with E-state index in [2.05, 4.69) is 53.8 Å². The summed E-state index contributed by atoms with van der Waals surface area (Å²) in [4.78, 5) is 11.0. The van der Waals surface area contributed by atoms with E-state index in [1.54, 1.807) is 6.33 Å². The summed E-state index contributed by atoms with van der Waals surface area (Å²) in [5.41, 5.74) is 2.26. The molecule has 1 aliphatic heterocycles. The van der Waals surface area contributed by atoms with E-state index in [0.717, 1.165) is 29.7 Å². The van der Waals surface area contributed by atoms with Gasteiger partial charge in [-0.2, -0.15) is 0 Å². The highest BCUT2D eigenvalue weighted by molar-refractivity contribution is 5.90. The lowest BCUT2D eigenvalue weighted by Gasteiger charge is -2.25. The van der Waals surface area contributed by atoms with Gasteiger partial charge >= 0.3 is 0 Å². The van der Waals surface area contributed by atoms with Gasteiger partial charge < -0.3 is 10.0 Å². The van der Waals surface area contributed by atoms with Crippen LogP contribution in [0.25, 0.3) is 10.9 Å². The number of aliphatic hydroxyl groups excluding tert-OH is 1. The van der Waals surface area contributed by atoms with Gasteiger partial charge in [-0.3, -0.25) is 0 Å². The molecule has 0 amide bonds. The Morgan fingerprint density at radius 3 is 2.75 bits per heavy atom. The van der Waals surface area contributed by atoms with Gasteiger partial charge in [0.2, 0.25) is 0 Å². The highest BCUT2D eigenvalue weighted by Crippen LogP contribution is 2.31. The van der Waals surface area contributed by atoms with Crippen LogP contribution in [-0.2, 0) is 0 Å². The van der Waals surface area contributed by atoms with Crippen LogP contribution >= 0.6 is 0 Å². The van der Waals surface area contributed by atoms with E-state index >= 15 is 0 Å². The molecule has 1 aliphatic rings. The van der Waals surface area contributed by atoms with E-state index in [-0.39, 0.29) is 12.1 Å². The number of anilines is 1. The maximum absolute atomic E-state index is 9.96. The van der Waals surface area contributed by atoms with Crippen molar-refractivity contribution in [3.05, 3.63) is 30.1 Å². The van der Waals surface area contributed by atoms with Crippen LogP contribution in [0.1, 0.15) is 38.7 Å². The lowest BCUT2D eigenvalue weighted by atomic mass is 10.0. The monoisotopic (exact) mass is 271 g/mol. The van der Waals surface area contributed by atoms with Gasteiger partial charge in [0, 0.05) is 11.9 Å². The standard InChI is InChI=1S/C16H21N3O/c1-10(2)12-4-5-14-13(8-12)16(18-9-17-14)19-7-6-15(20)11(19)3/h4-5,8-11,15,20H,6-7H2,1-3H3/t11-,15-/m1/s1. The van der Waals surface area contributed by atoms with Gasteiger partial charge in [0.15, 0.2) is 0 Å². The highest BCUT2D eigenvalue weighted by atomic mass is 16.3. The van der Waals surface area contributed by atoms with E-state index in [4.69, 9.17) is 0 Å². The van der Waals surface area contributed by atoms with Crippen LogP contribution in [0.5, 0.6) is 0 Å². The lowest BCUT2D eigenvalue weighted by molar-refractivity contribution is 0.170. The largest absolute Gasteiger partial charge is 0.391 e. The Bertz CT molecular complexity index is 626. The number of aliphatic hydroxyl groups is 1. The first-order valence-corrected chi connectivity index (χ1v) is 7.27. The first-order chi connectivity index (χ1) is 9.58. The third kappa shape index (κ3) is 2.14. The Morgan fingerprint density at radius 1 is 1.30 bits per heavy atom. The predicted molar refractivity (Wildman–Crippen MR) is 81.1 cm³/mol. The zero-order valence-electron chi connectivity index (χ0n) is 12.2. The summed E-state index contributed by atoms with van der Waals surface area (Å²) in [6, 6.07) is 6.49. The number of rotatable bonds is 2. The van der Waals surface area contributed by atoms with Crippen LogP contribution in [-0.4, -0.2) is 33.8 Å². The van der Waals surface area contributed by atoms with Crippen LogP contribution in [0.2, 0.25) is 0 Å². The Kier molecular flexibility index (Phi) is 3.34. The number of benzene rings is 1. The second kappa shape index (κ2) is 5.02. The zero-order chi connectivity index (χ0) is 14.3. The normalized spacial score (nSPS) is 22.9. The van der Waals surface area contributed by atoms with Crippen molar-refractivity contribution in [3.8, 4) is 0 Å². The third-order valence-corrected chi connectivity index (χ3v) is 4.29. The van der Waals surface area contributed by atoms with Gasteiger partial charge in [0.25, 0.3) is 0 Å². The molecule has 1 aromatic carbocycles. The molecule has 2 atom stereocenters. The van der Waals surface area contributed by atoms with E-state index < -0.39 is 0 Å². The summed E-state index contributed by atoms with van der Waals surface area (Å²) >= 11 is 0. The van der Waals surface area contributed by atoms with E-state index in [9.17, 15) is 5.11 Å². The third-order valence-electron chi connectivity index (χ3n) is 4.29. The molecule has 20 heavy (non-hydrogen) atoms. The van der Waals surface area contributed by atoms with Gasteiger partial charge in [-0.05, 0) is 37.0 Å². The van der Waals surface area contributed by atoms with Gasteiger partial charge in [-0.1, -0.05) is 19.9 Å². The smallest absolute Gasteiger partial charge is 0.140 e. The molecule has 4 heteroatoms. The number of fused-ring (bicyclic) bond motifs is 1. The van der Waals surface area contributed by atoms with Crippen LogP contribution in [0.3, 0.4) is 0 Å². The minimum absolute atomic E-state index is 0.107. The number of hydrogen-bond donors (Lipinski definition) is 1. The van der Waals surface area contributed by atoms with Crippen LogP contribution in [0, 0.1) is 0 Å². The van der Waals surface area contributed by atoms with Gasteiger partial charge in [-0.25, -0.2) is 9.97 Å². The molecule has 1 saturated heterocycles. The van der Waals surface area contributed by atoms with Crippen molar-refractivity contribution in [3.63, 3.8) is 0 Å². The summed E-state index contributed by atoms with van der Waals surface area (Å²) in [5.74, 6) is 1.43. The molecular weight excluding hydrogens is 250 g/mol. The molecular formula is C16H21N3O. The first kappa shape index (κ1) is 13.3. The second-order valence-corrected chi connectivity index (χ2v) is 5.92. The summed E-state index contributed by atoms with van der Waals surface area (Å²) in [7, 11) is 0. The summed E-state index contributed by atoms with van der Waals surface area (Å²) < 4.78 is 0. The van der Waals surface area contributed by atoms with Crippen LogP contribution in [0.4, 0.5) is 5.82 Å². The van der Waals surface area contributed by atoms with Crippen molar-refractivity contribution in [1.82, 2.24) is 9.97 Å². The van der Waals surface area contributed by atoms with Gasteiger partial charge in [0.1, 0.15) is 12.1 Å². The molecule has 106 valence electrons. The van der Waals surface area contributed by atoms with Crippen molar-refractivity contribution in [1.29, 1.82) is 0 Å². The Labute approximate surface area is 119 Å². The van der Waals surface area contributed by atoms with Crippen molar-refractivity contribution in [2.75, 3.05) is 11.4 Å². The molecule has 2 heterocycles. The van der Waals surface area contributed by atoms with E-state index in [0.29, 0.717) is 5.92 Å². The predicted octanol–water partition coefficient (Wildman–Crippen LogP) is 2.71.